The maximum Gasteiger partial charge on any atom is 0.221 e. The summed E-state index contributed by atoms with van der Waals surface area (Å²) in [4.78, 5) is 11.3. The Morgan fingerprint density at radius 3 is 2.48 bits per heavy atom. The molecule has 0 aromatic heterocycles. The zero-order valence-corrected chi connectivity index (χ0v) is 12.6. The van der Waals surface area contributed by atoms with Gasteiger partial charge in [-0.2, -0.15) is 0 Å². The number of nitrogens with two attached hydrogens (primary N) is 1. The molecule has 0 saturated heterocycles. The first-order valence-corrected chi connectivity index (χ1v) is 6.82. The zero-order valence-electron chi connectivity index (χ0n) is 12.6. The number of anilines is 2. The predicted octanol–water partition coefficient (Wildman–Crippen LogP) is 3.42. The van der Waals surface area contributed by atoms with Crippen molar-refractivity contribution in [2.45, 2.75) is 27.4 Å². The van der Waals surface area contributed by atoms with Crippen molar-refractivity contribution in [3.05, 3.63) is 53.1 Å². The van der Waals surface area contributed by atoms with Gasteiger partial charge >= 0.3 is 0 Å². The van der Waals surface area contributed by atoms with Crippen LogP contribution in [0.1, 0.15) is 23.6 Å². The molecule has 0 fully saturated rings. The van der Waals surface area contributed by atoms with E-state index >= 15 is 0 Å². The summed E-state index contributed by atoms with van der Waals surface area (Å²) >= 11 is 0. The van der Waals surface area contributed by atoms with E-state index < -0.39 is 0 Å². The van der Waals surface area contributed by atoms with Crippen LogP contribution in [-0.4, -0.2) is 5.91 Å². The first-order chi connectivity index (χ1) is 9.95. The molecule has 2 aromatic carbocycles. The number of carbonyl (C=O) groups is 1. The molecule has 0 bridgehead atoms. The van der Waals surface area contributed by atoms with Gasteiger partial charge in [0.25, 0.3) is 0 Å². The van der Waals surface area contributed by atoms with Crippen LogP contribution in [0.15, 0.2) is 36.4 Å². The third-order valence-electron chi connectivity index (χ3n) is 3.11. The van der Waals surface area contributed by atoms with Gasteiger partial charge in [-0.15, -0.1) is 0 Å². The lowest BCUT2D eigenvalue weighted by Gasteiger charge is -2.15. The summed E-state index contributed by atoms with van der Waals surface area (Å²) in [6, 6.07) is 11.7. The summed E-state index contributed by atoms with van der Waals surface area (Å²) in [5.41, 5.74) is 10.2. The van der Waals surface area contributed by atoms with Gasteiger partial charge in [0.1, 0.15) is 12.4 Å². The van der Waals surface area contributed by atoms with Gasteiger partial charge in [-0.25, -0.2) is 0 Å². The number of hydrogen-bond donors (Lipinski definition) is 2. The molecule has 4 heteroatoms. The smallest absolute Gasteiger partial charge is 0.221 e. The van der Waals surface area contributed by atoms with E-state index in [4.69, 9.17) is 10.5 Å². The van der Waals surface area contributed by atoms with Crippen molar-refractivity contribution < 1.29 is 9.53 Å². The molecule has 0 unspecified atom stereocenters. The monoisotopic (exact) mass is 284 g/mol. The van der Waals surface area contributed by atoms with Crippen LogP contribution in [-0.2, 0) is 11.4 Å². The maximum absolute atomic E-state index is 11.3. The van der Waals surface area contributed by atoms with E-state index in [0.29, 0.717) is 23.7 Å². The van der Waals surface area contributed by atoms with E-state index in [2.05, 4.69) is 5.32 Å². The van der Waals surface area contributed by atoms with Crippen LogP contribution in [0.5, 0.6) is 5.75 Å². The molecule has 0 aliphatic heterocycles. The van der Waals surface area contributed by atoms with Crippen molar-refractivity contribution in [2.24, 2.45) is 0 Å². The van der Waals surface area contributed by atoms with Gasteiger partial charge in [-0.3, -0.25) is 4.79 Å². The highest BCUT2D eigenvalue weighted by molar-refractivity contribution is 5.91. The number of rotatable bonds is 4. The number of aryl methyl sites for hydroxylation is 2. The van der Waals surface area contributed by atoms with E-state index in [-0.39, 0.29) is 5.91 Å². The van der Waals surface area contributed by atoms with Gasteiger partial charge < -0.3 is 15.8 Å². The van der Waals surface area contributed by atoms with Crippen LogP contribution >= 0.6 is 0 Å². The minimum absolute atomic E-state index is 0.153. The maximum atomic E-state index is 11.3. The van der Waals surface area contributed by atoms with Crippen LogP contribution in [0.4, 0.5) is 11.4 Å². The first-order valence-electron chi connectivity index (χ1n) is 6.82. The Morgan fingerprint density at radius 2 is 1.86 bits per heavy atom. The number of hydrogen-bond acceptors (Lipinski definition) is 3. The van der Waals surface area contributed by atoms with E-state index in [0.717, 1.165) is 11.1 Å². The third kappa shape index (κ3) is 3.99. The molecule has 2 rings (SSSR count). The molecule has 2 aromatic rings. The molecule has 0 aliphatic carbocycles. The van der Waals surface area contributed by atoms with Gasteiger partial charge in [0.2, 0.25) is 5.91 Å². The van der Waals surface area contributed by atoms with Crippen LogP contribution in [0.25, 0.3) is 0 Å². The minimum Gasteiger partial charge on any atom is -0.486 e. The van der Waals surface area contributed by atoms with Crippen molar-refractivity contribution in [1.29, 1.82) is 0 Å². The second-order valence-corrected chi connectivity index (χ2v) is 5.17. The van der Waals surface area contributed by atoms with Crippen LogP contribution in [0, 0.1) is 13.8 Å². The van der Waals surface area contributed by atoms with Gasteiger partial charge in [-0.1, -0.05) is 29.8 Å². The van der Waals surface area contributed by atoms with Crippen molar-refractivity contribution >= 4 is 17.3 Å². The highest BCUT2D eigenvalue weighted by Crippen LogP contribution is 2.32. The molecule has 3 N–H and O–H groups in total. The quantitative estimate of drug-likeness (QED) is 0.845. The number of ether oxygens (including phenoxy) is 1. The van der Waals surface area contributed by atoms with Crippen LogP contribution < -0.4 is 15.8 Å². The van der Waals surface area contributed by atoms with Crippen molar-refractivity contribution in [2.75, 3.05) is 11.1 Å². The highest BCUT2D eigenvalue weighted by Gasteiger charge is 2.10. The first kappa shape index (κ1) is 14.9. The molecule has 110 valence electrons. The summed E-state index contributed by atoms with van der Waals surface area (Å²) in [5.74, 6) is 0.500. The fourth-order valence-corrected chi connectivity index (χ4v) is 2.12. The van der Waals surface area contributed by atoms with E-state index in [1.807, 2.05) is 44.2 Å². The summed E-state index contributed by atoms with van der Waals surface area (Å²) < 4.78 is 5.88. The van der Waals surface area contributed by atoms with Gasteiger partial charge in [0, 0.05) is 12.6 Å². The summed E-state index contributed by atoms with van der Waals surface area (Å²) in [6.07, 6.45) is 0. The van der Waals surface area contributed by atoms with Crippen LogP contribution in [0.2, 0.25) is 0 Å². The van der Waals surface area contributed by atoms with E-state index in [1.165, 1.54) is 12.5 Å². The summed E-state index contributed by atoms with van der Waals surface area (Å²) in [5, 5.41) is 2.76. The number of nitrogens with one attached hydrogen (secondary N) is 1. The van der Waals surface area contributed by atoms with Gasteiger partial charge in [0.05, 0.1) is 5.69 Å². The Bertz CT molecular complexity index is 649. The van der Waals surface area contributed by atoms with Gasteiger partial charge in [0.15, 0.2) is 0 Å². The normalized spacial score (nSPS) is 10.2. The Balaban J connectivity index is 2.21. The van der Waals surface area contributed by atoms with Crippen molar-refractivity contribution in [3.8, 4) is 5.75 Å². The minimum atomic E-state index is -0.153. The van der Waals surface area contributed by atoms with Crippen LogP contribution in [0.3, 0.4) is 0 Å². The molecular formula is C17H20N2O2. The third-order valence-corrected chi connectivity index (χ3v) is 3.11. The Kier molecular flexibility index (Phi) is 4.48. The number of nitrogen functional groups attached to an aromatic ring is 1. The number of amides is 1. The largest absolute Gasteiger partial charge is 0.486 e. The Labute approximate surface area is 124 Å². The lowest BCUT2D eigenvalue weighted by atomic mass is 10.1. The fraction of sp³-hybridized carbons (Fsp3) is 0.235. The zero-order chi connectivity index (χ0) is 15.4. The highest BCUT2D eigenvalue weighted by atomic mass is 16.5. The lowest BCUT2D eigenvalue weighted by molar-refractivity contribution is -0.114. The predicted molar refractivity (Wildman–Crippen MR) is 85.4 cm³/mol. The standard InChI is InChI=1S/C17H20N2O2/c1-11-4-6-14(7-5-11)10-21-17-12(2)8-15(18)9-16(17)19-13(3)20/h4-9H,10,18H2,1-3H3,(H,19,20). The second-order valence-electron chi connectivity index (χ2n) is 5.17. The summed E-state index contributed by atoms with van der Waals surface area (Å²) in [7, 11) is 0. The molecule has 4 nitrogen and oxygen atoms in total. The van der Waals surface area contributed by atoms with E-state index in [1.54, 1.807) is 6.07 Å². The van der Waals surface area contributed by atoms with Crippen molar-refractivity contribution in [3.63, 3.8) is 0 Å². The average Bonchev–Trinajstić information content (AvgIpc) is 2.39. The number of benzene rings is 2. The molecule has 0 spiro atoms. The molecule has 0 saturated carbocycles. The lowest BCUT2D eigenvalue weighted by Crippen LogP contribution is -2.09. The Hall–Kier alpha value is -2.49. The molecule has 0 aliphatic rings. The molecule has 1 amide bonds. The average molecular weight is 284 g/mol. The molecule has 0 radical (unpaired) electrons. The van der Waals surface area contributed by atoms with Crippen molar-refractivity contribution in [1.82, 2.24) is 0 Å². The molecule has 0 atom stereocenters. The van der Waals surface area contributed by atoms with E-state index in [9.17, 15) is 4.79 Å². The topological polar surface area (TPSA) is 64.4 Å². The molecule has 21 heavy (non-hydrogen) atoms. The number of carbonyl (C=O) groups excluding carboxylic acids is 1. The fourth-order valence-electron chi connectivity index (χ4n) is 2.12. The molecule has 0 heterocycles. The van der Waals surface area contributed by atoms with Gasteiger partial charge in [-0.05, 0) is 37.1 Å². The Morgan fingerprint density at radius 1 is 1.19 bits per heavy atom. The SMILES string of the molecule is CC(=O)Nc1cc(N)cc(C)c1OCc1ccc(C)cc1. The molecular weight excluding hydrogens is 264 g/mol. The summed E-state index contributed by atoms with van der Waals surface area (Å²) in [6.45, 7) is 5.86. The second kappa shape index (κ2) is 6.31.